The third-order valence-corrected chi connectivity index (χ3v) is 4.90. The smallest absolute Gasteiger partial charge is 0.248 e. The van der Waals surface area contributed by atoms with Crippen molar-refractivity contribution in [3.63, 3.8) is 0 Å². The van der Waals surface area contributed by atoms with Crippen LogP contribution in [0.2, 0.25) is 0 Å². The maximum atomic E-state index is 12.5. The lowest BCUT2D eigenvalue weighted by molar-refractivity contribution is -0.115. The van der Waals surface area contributed by atoms with Gasteiger partial charge in [-0.25, -0.2) is 0 Å². The number of amides is 2. The van der Waals surface area contributed by atoms with Crippen molar-refractivity contribution in [1.82, 2.24) is 15.1 Å². The Bertz CT molecular complexity index is 1160. The topological polar surface area (TPSA) is 104 Å². The Kier molecular flexibility index (Phi) is 4.87. The van der Waals surface area contributed by atoms with Crippen LogP contribution in [-0.4, -0.2) is 40.5 Å². The Morgan fingerprint density at radius 3 is 2.90 bits per heavy atom. The van der Waals surface area contributed by atoms with Crippen molar-refractivity contribution in [2.24, 2.45) is 5.73 Å². The number of nitrogens with two attached hydrogens (primary N) is 1. The van der Waals surface area contributed by atoms with Gasteiger partial charge in [0.1, 0.15) is 0 Å². The zero-order chi connectivity index (χ0) is 20.4. The number of carbonyl (C=O) groups excluding carboxylic acids is 2. The fourth-order valence-corrected chi connectivity index (χ4v) is 3.34. The van der Waals surface area contributed by atoms with E-state index in [0.29, 0.717) is 23.4 Å². The number of hydrogen-bond donors (Lipinski definition) is 3. The van der Waals surface area contributed by atoms with Crippen LogP contribution in [0.25, 0.3) is 22.2 Å². The van der Waals surface area contributed by atoms with E-state index in [1.54, 1.807) is 18.2 Å². The molecule has 0 radical (unpaired) electrons. The molecule has 4 rings (SSSR count). The molecule has 0 saturated carbocycles. The summed E-state index contributed by atoms with van der Waals surface area (Å²) >= 11 is 0. The number of aromatic nitrogens is 2. The Labute approximate surface area is 167 Å². The predicted molar refractivity (Wildman–Crippen MR) is 113 cm³/mol. The summed E-state index contributed by atoms with van der Waals surface area (Å²) in [5.41, 5.74) is 9.80. The molecule has 0 unspecified atom stereocenters. The van der Waals surface area contributed by atoms with Crippen LogP contribution in [0.5, 0.6) is 0 Å². The molecule has 3 aromatic rings. The number of nitrogens with one attached hydrogen (secondary N) is 2. The van der Waals surface area contributed by atoms with Gasteiger partial charge in [0.2, 0.25) is 11.8 Å². The molecule has 2 amide bonds. The molecule has 2 aromatic carbocycles. The minimum atomic E-state index is -0.489. The van der Waals surface area contributed by atoms with Crippen LogP contribution in [-0.2, 0) is 4.79 Å². The predicted octanol–water partition coefficient (Wildman–Crippen LogP) is 3.04. The van der Waals surface area contributed by atoms with E-state index in [4.69, 9.17) is 5.73 Å². The van der Waals surface area contributed by atoms with Crippen LogP contribution in [0.4, 0.5) is 5.69 Å². The van der Waals surface area contributed by atoms with Crippen LogP contribution < -0.4 is 11.1 Å². The molecule has 0 spiro atoms. The van der Waals surface area contributed by atoms with E-state index in [2.05, 4.69) is 15.5 Å². The van der Waals surface area contributed by atoms with E-state index in [9.17, 15) is 9.59 Å². The van der Waals surface area contributed by atoms with E-state index in [-0.39, 0.29) is 5.91 Å². The van der Waals surface area contributed by atoms with Crippen molar-refractivity contribution < 1.29 is 9.59 Å². The molecule has 2 heterocycles. The van der Waals surface area contributed by atoms with Gasteiger partial charge in [0, 0.05) is 41.5 Å². The molecular weight excluding hydrogens is 366 g/mol. The number of likely N-dealkylation sites (N-methyl/N-ethyl adjacent to an activating group) is 1. The van der Waals surface area contributed by atoms with Crippen molar-refractivity contribution >= 4 is 28.4 Å². The quantitative estimate of drug-likeness (QED) is 0.626. The van der Waals surface area contributed by atoms with Gasteiger partial charge < -0.3 is 16.0 Å². The van der Waals surface area contributed by atoms with Crippen LogP contribution in [0.1, 0.15) is 16.8 Å². The van der Waals surface area contributed by atoms with E-state index < -0.39 is 5.91 Å². The second kappa shape index (κ2) is 7.63. The lowest BCUT2D eigenvalue weighted by atomic mass is 10.0. The van der Waals surface area contributed by atoms with Gasteiger partial charge >= 0.3 is 0 Å². The lowest BCUT2D eigenvalue weighted by Gasteiger charge is -2.23. The van der Waals surface area contributed by atoms with Crippen molar-refractivity contribution in [3.8, 4) is 11.3 Å². The number of rotatable bonds is 5. The van der Waals surface area contributed by atoms with Crippen molar-refractivity contribution in [2.75, 3.05) is 18.9 Å². The Morgan fingerprint density at radius 2 is 2.10 bits per heavy atom. The molecule has 4 N–H and O–H groups in total. The second-order valence-corrected chi connectivity index (χ2v) is 6.97. The largest absolute Gasteiger partial charge is 0.374 e. The normalized spacial score (nSPS) is 13.4. The van der Waals surface area contributed by atoms with Crippen LogP contribution in [0.3, 0.4) is 0 Å². The number of aromatic amines is 1. The number of nitrogens with zero attached hydrogens (tertiary/aromatic N) is 2. The third-order valence-electron chi connectivity index (χ3n) is 4.90. The van der Waals surface area contributed by atoms with Gasteiger partial charge in [0.25, 0.3) is 0 Å². The fraction of sp³-hybridized carbons (Fsp3) is 0.136. The molecule has 0 atom stereocenters. The number of hydrogen-bond acceptors (Lipinski definition) is 4. The number of anilines is 1. The number of carbonyl (C=O) groups is 2. The summed E-state index contributed by atoms with van der Waals surface area (Å²) < 4.78 is 0. The number of allylic oxidation sites excluding steroid dienone is 2. The number of fused-ring (bicyclic) bond motifs is 1. The van der Waals surface area contributed by atoms with Gasteiger partial charge in [-0.2, -0.15) is 5.10 Å². The average Bonchev–Trinajstić information content (AvgIpc) is 3.13. The zero-order valence-electron chi connectivity index (χ0n) is 16.0. The van der Waals surface area contributed by atoms with Gasteiger partial charge in [-0.3, -0.25) is 14.7 Å². The molecule has 146 valence electrons. The molecule has 0 aliphatic carbocycles. The highest BCUT2D eigenvalue weighted by molar-refractivity contribution is 6.01. The highest BCUT2D eigenvalue weighted by Crippen LogP contribution is 2.29. The van der Waals surface area contributed by atoms with E-state index in [1.807, 2.05) is 54.4 Å². The van der Waals surface area contributed by atoms with Crippen LogP contribution in [0.15, 0.2) is 66.4 Å². The van der Waals surface area contributed by atoms with Crippen LogP contribution in [0, 0.1) is 0 Å². The number of benzene rings is 2. The summed E-state index contributed by atoms with van der Waals surface area (Å²) in [5, 5.41) is 11.1. The molecule has 1 aliphatic rings. The minimum Gasteiger partial charge on any atom is -0.374 e. The maximum absolute atomic E-state index is 12.5. The van der Waals surface area contributed by atoms with E-state index >= 15 is 0 Å². The summed E-state index contributed by atoms with van der Waals surface area (Å²) in [6, 6.07) is 12.6. The first-order chi connectivity index (χ1) is 14.0. The van der Waals surface area contributed by atoms with Gasteiger partial charge in [-0.15, -0.1) is 0 Å². The summed E-state index contributed by atoms with van der Waals surface area (Å²) in [5.74, 6) is -0.574. The Morgan fingerprint density at radius 1 is 1.24 bits per heavy atom. The molecule has 29 heavy (non-hydrogen) atoms. The number of H-pyrrole nitrogens is 1. The summed E-state index contributed by atoms with van der Waals surface area (Å²) in [7, 11) is 1.96. The zero-order valence-corrected chi connectivity index (χ0v) is 16.0. The average molecular weight is 387 g/mol. The first kappa shape index (κ1) is 18.5. The molecule has 1 aromatic heterocycles. The minimum absolute atomic E-state index is 0.0848. The Balaban J connectivity index is 1.58. The van der Waals surface area contributed by atoms with Gasteiger partial charge in [0.05, 0.1) is 17.6 Å². The maximum Gasteiger partial charge on any atom is 0.248 e. The SMILES string of the molecule is CN1CC=CC=C1CC(=O)Nc1cccc(-c2n[nH]c3ccc(C(N)=O)cc23)c1. The highest BCUT2D eigenvalue weighted by Gasteiger charge is 2.14. The van der Waals surface area contributed by atoms with Crippen molar-refractivity contribution in [3.05, 3.63) is 72.0 Å². The first-order valence-corrected chi connectivity index (χ1v) is 9.26. The fourth-order valence-electron chi connectivity index (χ4n) is 3.34. The van der Waals surface area contributed by atoms with E-state index in [1.165, 1.54) is 0 Å². The molecule has 0 bridgehead atoms. The first-order valence-electron chi connectivity index (χ1n) is 9.26. The number of primary amides is 1. The van der Waals surface area contributed by atoms with Gasteiger partial charge in [-0.1, -0.05) is 24.3 Å². The molecule has 0 fully saturated rings. The molecule has 7 heteroatoms. The Hall–Kier alpha value is -3.87. The molecule has 7 nitrogen and oxygen atoms in total. The second-order valence-electron chi connectivity index (χ2n) is 6.97. The molecule has 1 aliphatic heterocycles. The lowest BCUT2D eigenvalue weighted by Crippen LogP contribution is -2.24. The summed E-state index contributed by atoms with van der Waals surface area (Å²) in [6.45, 7) is 0.800. The summed E-state index contributed by atoms with van der Waals surface area (Å²) in [6.07, 6.45) is 6.26. The molecule has 0 saturated heterocycles. The van der Waals surface area contributed by atoms with Crippen LogP contribution >= 0.6 is 0 Å². The summed E-state index contributed by atoms with van der Waals surface area (Å²) in [4.78, 5) is 26.0. The third kappa shape index (κ3) is 3.89. The van der Waals surface area contributed by atoms with Crippen molar-refractivity contribution in [2.45, 2.75) is 6.42 Å². The monoisotopic (exact) mass is 387 g/mol. The van der Waals surface area contributed by atoms with Gasteiger partial charge in [-0.05, 0) is 36.4 Å². The molecular formula is C22H21N5O2. The van der Waals surface area contributed by atoms with E-state index in [0.717, 1.165) is 28.7 Å². The highest BCUT2D eigenvalue weighted by atomic mass is 16.2. The van der Waals surface area contributed by atoms with Crippen molar-refractivity contribution in [1.29, 1.82) is 0 Å². The van der Waals surface area contributed by atoms with Gasteiger partial charge in [0.15, 0.2) is 0 Å². The standard InChI is InChI=1S/C22H21N5O2/c1-27-10-3-2-7-17(27)13-20(28)24-16-6-4-5-14(11-16)21-18-12-15(22(23)29)8-9-19(18)25-26-21/h2-9,11-12H,10,13H2,1H3,(H2,23,29)(H,24,28)(H,25,26).